The van der Waals surface area contributed by atoms with Crippen molar-refractivity contribution >= 4 is 23.2 Å². The van der Waals surface area contributed by atoms with Crippen molar-refractivity contribution in [2.75, 3.05) is 10.6 Å². The van der Waals surface area contributed by atoms with Crippen LogP contribution in [0.4, 0.5) is 17.3 Å². The molecule has 0 atom stereocenters. The highest BCUT2D eigenvalue weighted by Crippen LogP contribution is 2.23. The van der Waals surface area contributed by atoms with Crippen LogP contribution in [0.5, 0.6) is 0 Å². The van der Waals surface area contributed by atoms with Crippen molar-refractivity contribution < 1.29 is 4.79 Å². The van der Waals surface area contributed by atoms with Crippen LogP contribution in [0.3, 0.4) is 0 Å². The standard InChI is InChI=1S/C22H24N4O/c1-13-9-15(3)20(16(4)10-13)26-21(27)18-11-23-22(24-12-18)25-19-8-6-7-14(2)17(19)5/h6-12H,1-5H3,(H,26,27)(H,23,24,25). The van der Waals surface area contributed by atoms with Crippen LogP contribution in [-0.4, -0.2) is 15.9 Å². The molecule has 0 spiro atoms. The van der Waals surface area contributed by atoms with Gasteiger partial charge in [0.15, 0.2) is 0 Å². The molecule has 0 saturated heterocycles. The first-order chi connectivity index (χ1) is 12.8. The Balaban J connectivity index is 1.75. The summed E-state index contributed by atoms with van der Waals surface area (Å²) >= 11 is 0. The lowest BCUT2D eigenvalue weighted by atomic mass is 10.0. The van der Waals surface area contributed by atoms with Crippen LogP contribution < -0.4 is 10.6 Å². The minimum atomic E-state index is -0.219. The molecule has 138 valence electrons. The van der Waals surface area contributed by atoms with Gasteiger partial charge in [0.05, 0.1) is 5.56 Å². The number of anilines is 3. The van der Waals surface area contributed by atoms with E-state index in [4.69, 9.17) is 0 Å². The predicted octanol–water partition coefficient (Wildman–Crippen LogP) is 5.01. The van der Waals surface area contributed by atoms with Crippen molar-refractivity contribution in [2.45, 2.75) is 34.6 Å². The molecule has 3 rings (SSSR count). The molecule has 0 radical (unpaired) electrons. The highest BCUT2D eigenvalue weighted by atomic mass is 16.1. The average Bonchev–Trinajstić information content (AvgIpc) is 2.62. The molecule has 5 nitrogen and oxygen atoms in total. The molecule has 1 amide bonds. The van der Waals surface area contributed by atoms with E-state index >= 15 is 0 Å². The van der Waals surface area contributed by atoms with Crippen molar-refractivity contribution in [1.82, 2.24) is 9.97 Å². The largest absolute Gasteiger partial charge is 0.324 e. The monoisotopic (exact) mass is 360 g/mol. The maximum Gasteiger partial charge on any atom is 0.258 e. The zero-order valence-corrected chi connectivity index (χ0v) is 16.3. The summed E-state index contributed by atoms with van der Waals surface area (Å²) in [6.45, 7) is 10.1. The number of hydrogen-bond donors (Lipinski definition) is 2. The van der Waals surface area contributed by atoms with Crippen LogP contribution in [-0.2, 0) is 0 Å². The number of nitrogens with zero attached hydrogens (tertiary/aromatic N) is 2. The van der Waals surface area contributed by atoms with E-state index in [0.29, 0.717) is 11.5 Å². The van der Waals surface area contributed by atoms with Crippen LogP contribution in [0.25, 0.3) is 0 Å². The third kappa shape index (κ3) is 4.14. The van der Waals surface area contributed by atoms with Crippen molar-refractivity contribution in [1.29, 1.82) is 0 Å². The summed E-state index contributed by atoms with van der Waals surface area (Å²) < 4.78 is 0. The van der Waals surface area contributed by atoms with Gasteiger partial charge in [-0.2, -0.15) is 0 Å². The quantitative estimate of drug-likeness (QED) is 0.686. The molecule has 2 aromatic carbocycles. The Bertz CT molecular complexity index is 971. The van der Waals surface area contributed by atoms with Crippen molar-refractivity contribution in [3.8, 4) is 0 Å². The van der Waals surface area contributed by atoms with E-state index < -0.39 is 0 Å². The smallest absolute Gasteiger partial charge is 0.258 e. The van der Waals surface area contributed by atoms with E-state index in [2.05, 4.69) is 45.7 Å². The van der Waals surface area contributed by atoms with Gasteiger partial charge >= 0.3 is 0 Å². The maximum atomic E-state index is 12.6. The van der Waals surface area contributed by atoms with Gasteiger partial charge in [0.25, 0.3) is 5.91 Å². The Hall–Kier alpha value is -3.21. The molecule has 0 saturated carbocycles. The molecular weight excluding hydrogens is 336 g/mol. The highest BCUT2D eigenvalue weighted by Gasteiger charge is 2.12. The Morgan fingerprint density at radius 3 is 2.15 bits per heavy atom. The molecule has 0 unspecified atom stereocenters. The number of amides is 1. The molecule has 3 aromatic rings. The minimum absolute atomic E-state index is 0.219. The summed E-state index contributed by atoms with van der Waals surface area (Å²) in [6, 6.07) is 10.1. The fourth-order valence-electron chi connectivity index (χ4n) is 3.08. The summed E-state index contributed by atoms with van der Waals surface area (Å²) in [5, 5.41) is 6.17. The van der Waals surface area contributed by atoms with Gasteiger partial charge in [0.1, 0.15) is 0 Å². The zero-order valence-electron chi connectivity index (χ0n) is 16.3. The van der Waals surface area contributed by atoms with E-state index in [1.165, 1.54) is 23.5 Å². The summed E-state index contributed by atoms with van der Waals surface area (Å²) in [5.41, 5.74) is 7.80. The fourth-order valence-corrected chi connectivity index (χ4v) is 3.08. The second-order valence-corrected chi connectivity index (χ2v) is 6.90. The van der Waals surface area contributed by atoms with Gasteiger partial charge in [0, 0.05) is 23.8 Å². The van der Waals surface area contributed by atoms with E-state index in [1.807, 2.05) is 39.8 Å². The molecule has 1 heterocycles. The molecule has 0 aliphatic carbocycles. The number of nitrogens with one attached hydrogen (secondary N) is 2. The highest BCUT2D eigenvalue weighted by molar-refractivity contribution is 6.04. The first kappa shape index (κ1) is 18.6. The van der Waals surface area contributed by atoms with Crippen LogP contribution in [0.2, 0.25) is 0 Å². The third-order valence-electron chi connectivity index (χ3n) is 4.68. The number of aryl methyl sites for hydroxylation is 4. The number of aromatic nitrogens is 2. The number of benzene rings is 2. The van der Waals surface area contributed by atoms with Gasteiger partial charge in [-0.15, -0.1) is 0 Å². The zero-order chi connectivity index (χ0) is 19.6. The molecule has 0 aliphatic rings. The van der Waals surface area contributed by atoms with Crippen LogP contribution in [0.15, 0.2) is 42.7 Å². The minimum Gasteiger partial charge on any atom is -0.324 e. The lowest BCUT2D eigenvalue weighted by molar-refractivity contribution is 0.102. The second-order valence-electron chi connectivity index (χ2n) is 6.90. The average molecular weight is 360 g/mol. The Morgan fingerprint density at radius 1 is 0.889 bits per heavy atom. The number of carbonyl (C=O) groups excluding carboxylic acids is 1. The number of hydrogen-bond acceptors (Lipinski definition) is 4. The molecule has 27 heavy (non-hydrogen) atoms. The molecule has 2 N–H and O–H groups in total. The Kier molecular flexibility index (Phi) is 5.21. The summed E-state index contributed by atoms with van der Waals surface area (Å²) in [4.78, 5) is 21.1. The lowest BCUT2D eigenvalue weighted by Crippen LogP contribution is -2.15. The van der Waals surface area contributed by atoms with Gasteiger partial charge in [-0.05, 0) is 62.9 Å². The molecule has 5 heteroatoms. The molecule has 0 bridgehead atoms. The van der Waals surface area contributed by atoms with Gasteiger partial charge in [-0.1, -0.05) is 29.8 Å². The van der Waals surface area contributed by atoms with Gasteiger partial charge in [-0.25, -0.2) is 9.97 Å². The third-order valence-corrected chi connectivity index (χ3v) is 4.68. The first-order valence-corrected chi connectivity index (χ1v) is 8.89. The number of carbonyl (C=O) groups is 1. The first-order valence-electron chi connectivity index (χ1n) is 8.89. The van der Waals surface area contributed by atoms with E-state index in [0.717, 1.165) is 28.1 Å². The van der Waals surface area contributed by atoms with Crippen molar-refractivity contribution in [3.05, 3.63) is 76.1 Å². The molecule has 1 aromatic heterocycles. The summed E-state index contributed by atoms with van der Waals surface area (Å²) in [5.74, 6) is 0.242. The lowest BCUT2D eigenvalue weighted by Gasteiger charge is -2.13. The van der Waals surface area contributed by atoms with Gasteiger partial charge in [0.2, 0.25) is 5.95 Å². The topological polar surface area (TPSA) is 66.9 Å². The van der Waals surface area contributed by atoms with Gasteiger partial charge in [-0.3, -0.25) is 4.79 Å². The number of rotatable bonds is 4. The fraction of sp³-hybridized carbons (Fsp3) is 0.227. The van der Waals surface area contributed by atoms with E-state index in [9.17, 15) is 4.79 Å². The van der Waals surface area contributed by atoms with E-state index in [1.54, 1.807) is 0 Å². The summed E-state index contributed by atoms with van der Waals surface area (Å²) in [7, 11) is 0. The van der Waals surface area contributed by atoms with Crippen molar-refractivity contribution in [2.24, 2.45) is 0 Å². The molecule has 0 fully saturated rings. The molecule has 0 aliphatic heterocycles. The second kappa shape index (κ2) is 7.58. The SMILES string of the molecule is Cc1cc(C)c(NC(=O)c2cnc(Nc3cccc(C)c3C)nc2)c(C)c1. The Morgan fingerprint density at radius 2 is 1.52 bits per heavy atom. The van der Waals surface area contributed by atoms with Crippen LogP contribution in [0, 0.1) is 34.6 Å². The normalized spacial score (nSPS) is 10.6. The van der Waals surface area contributed by atoms with Gasteiger partial charge < -0.3 is 10.6 Å². The Labute approximate surface area is 159 Å². The van der Waals surface area contributed by atoms with Crippen LogP contribution in [0.1, 0.15) is 38.2 Å². The van der Waals surface area contributed by atoms with Crippen LogP contribution >= 0.6 is 0 Å². The summed E-state index contributed by atoms with van der Waals surface area (Å²) in [6.07, 6.45) is 3.07. The van der Waals surface area contributed by atoms with E-state index in [-0.39, 0.29) is 5.91 Å². The molecular formula is C22H24N4O. The predicted molar refractivity (Wildman–Crippen MR) is 110 cm³/mol. The van der Waals surface area contributed by atoms with Crippen molar-refractivity contribution in [3.63, 3.8) is 0 Å². The maximum absolute atomic E-state index is 12.6.